The van der Waals surface area contributed by atoms with E-state index in [0.717, 1.165) is 5.56 Å². The van der Waals surface area contributed by atoms with Crippen molar-refractivity contribution in [3.8, 4) is 0 Å². The Morgan fingerprint density at radius 1 is 1.35 bits per heavy atom. The molecule has 1 N–H and O–H groups in total. The van der Waals surface area contributed by atoms with E-state index in [9.17, 15) is 13.2 Å². The lowest BCUT2D eigenvalue weighted by atomic mass is 10.2. The molecule has 94 valence electrons. The van der Waals surface area contributed by atoms with Gasteiger partial charge in [-0.3, -0.25) is 4.79 Å². The fraction of sp³-hybridized carbons (Fsp3) is 0.364. The van der Waals surface area contributed by atoms with E-state index < -0.39 is 21.3 Å². The summed E-state index contributed by atoms with van der Waals surface area (Å²) >= 11 is 5.30. The molecule has 0 saturated carbocycles. The average molecular weight is 276 g/mol. The van der Waals surface area contributed by atoms with Gasteiger partial charge in [-0.2, -0.15) is 4.72 Å². The van der Waals surface area contributed by atoms with Crippen molar-refractivity contribution in [1.82, 2.24) is 4.72 Å². The standard InChI is InChI=1S/C11H14ClNO3S/c1-3-10(11(12)14)13-17(15,16)9-6-4-8(2)5-7-9/h4-7,10,13H,3H2,1-2H3. The molecular formula is C11H14ClNO3S. The van der Waals surface area contributed by atoms with Crippen LogP contribution in [0.2, 0.25) is 0 Å². The summed E-state index contributed by atoms with van der Waals surface area (Å²) < 4.78 is 26.1. The molecule has 1 aromatic carbocycles. The molecule has 0 aliphatic carbocycles. The lowest BCUT2D eigenvalue weighted by molar-refractivity contribution is -0.113. The van der Waals surface area contributed by atoms with Gasteiger partial charge in [0, 0.05) is 0 Å². The van der Waals surface area contributed by atoms with Crippen LogP contribution in [0.1, 0.15) is 18.9 Å². The fourth-order valence-electron chi connectivity index (χ4n) is 1.26. The molecule has 1 unspecified atom stereocenters. The molecule has 0 aromatic heterocycles. The Morgan fingerprint density at radius 2 is 1.88 bits per heavy atom. The summed E-state index contributed by atoms with van der Waals surface area (Å²) in [6.45, 7) is 3.55. The van der Waals surface area contributed by atoms with Crippen molar-refractivity contribution in [2.45, 2.75) is 31.2 Å². The third-order valence-electron chi connectivity index (χ3n) is 2.31. The Bertz CT molecular complexity index is 496. The Hall–Kier alpha value is -0.910. The molecule has 1 atom stereocenters. The zero-order valence-electron chi connectivity index (χ0n) is 9.60. The van der Waals surface area contributed by atoms with E-state index in [-0.39, 0.29) is 4.90 Å². The second-order valence-electron chi connectivity index (χ2n) is 3.70. The summed E-state index contributed by atoms with van der Waals surface area (Å²) in [6.07, 6.45) is 0.313. The van der Waals surface area contributed by atoms with E-state index in [2.05, 4.69) is 4.72 Å². The summed E-state index contributed by atoms with van der Waals surface area (Å²) in [5.74, 6) is 0. The van der Waals surface area contributed by atoms with Crippen molar-refractivity contribution in [3.05, 3.63) is 29.8 Å². The van der Waals surface area contributed by atoms with Crippen molar-refractivity contribution in [2.75, 3.05) is 0 Å². The third-order valence-corrected chi connectivity index (χ3v) is 4.06. The van der Waals surface area contributed by atoms with Gasteiger partial charge in [0.05, 0.1) is 10.9 Å². The number of benzene rings is 1. The predicted octanol–water partition coefficient (Wildman–Crippen LogP) is 1.82. The van der Waals surface area contributed by atoms with Crippen LogP contribution in [0.25, 0.3) is 0 Å². The van der Waals surface area contributed by atoms with Crippen LogP contribution in [0.5, 0.6) is 0 Å². The first-order valence-electron chi connectivity index (χ1n) is 5.15. The first kappa shape index (κ1) is 14.2. The molecule has 1 rings (SSSR count). The van der Waals surface area contributed by atoms with Crippen LogP contribution in [-0.2, 0) is 14.8 Å². The lowest BCUT2D eigenvalue weighted by Gasteiger charge is -2.12. The molecule has 0 radical (unpaired) electrons. The smallest absolute Gasteiger partial charge is 0.241 e. The molecule has 0 heterocycles. The van der Waals surface area contributed by atoms with Crippen LogP contribution in [0.4, 0.5) is 0 Å². The van der Waals surface area contributed by atoms with Crippen molar-refractivity contribution in [2.24, 2.45) is 0 Å². The molecule has 0 aliphatic rings. The molecular weight excluding hydrogens is 262 g/mol. The average Bonchev–Trinajstić information content (AvgIpc) is 2.26. The van der Waals surface area contributed by atoms with Gasteiger partial charge in [0.1, 0.15) is 0 Å². The van der Waals surface area contributed by atoms with Crippen LogP contribution < -0.4 is 4.72 Å². The topological polar surface area (TPSA) is 63.2 Å². The number of rotatable bonds is 5. The van der Waals surface area contributed by atoms with Gasteiger partial charge in [0.2, 0.25) is 15.3 Å². The van der Waals surface area contributed by atoms with Gasteiger partial charge in [-0.25, -0.2) is 8.42 Å². The summed E-state index contributed by atoms with van der Waals surface area (Å²) in [5, 5.41) is -0.705. The van der Waals surface area contributed by atoms with E-state index in [4.69, 9.17) is 11.6 Å². The van der Waals surface area contributed by atoms with Gasteiger partial charge in [-0.1, -0.05) is 24.6 Å². The SMILES string of the molecule is CCC(NS(=O)(=O)c1ccc(C)cc1)C(=O)Cl. The second-order valence-corrected chi connectivity index (χ2v) is 5.79. The van der Waals surface area contributed by atoms with Crippen LogP contribution in [-0.4, -0.2) is 19.7 Å². The number of hydrogen-bond acceptors (Lipinski definition) is 3. The van der Waals surface area contributed by atoms with Crippen LogP contribution in [0.3, 0.4) is 0 Å². The Balaban J connectivity index is 2.96. The predicted molar refractivity (Wildman–Crippen MR) is 66.4 cm³/mol. The van der Waals surface area contributed by atoms with Crippen molar-refractivity contribution < 1.29 is 13.2 Å². The fourth-order valence-corrected chi connectivity index (χ4v) is 2.82. The van der Waals surface area contributed by atoms with Gasteiger partial charge in [0.15, 0.2) is 0 Å². The minimum Gasteiger partial charge on any atom is -0.279 e. The van der Waals surface area contributed by atoms with Crippen molar-refractivity contribution in [1.29, 1.82) is 0 Å². The van der Waals surface area contributed by atoms with Crippen molar-refractivity contribution >= 4 is 26.9 Å². The number of carbonyl (C=O) groups is 1. The largest absolute Gasteiger partial charge is 0.279 e. The molecule has 1 aromatic rings. The molecule has 17 heavy (non-hydrogen) atoms. The van der Waals surface area contributed by atoms with Crippen molar-refractivity contribution in [3.63, 3.8) is 0 Å². The van der Waals surface area contributed by atoms with Gasteiger partial charge in [-0.05, 0) is 37.1 Å². The van der Waals surface area contributed by atoms with E-state index in [1.807, 2.05) is 6.92 Å². The molecule has 0 amide bonds. The van der Waals surface area contributed by atoms with Gasteiger partial charge in [-0.15, -0.1) is 0 Å². The van der Waals surface area contributed by atoms with E-state index in [1.165, 1.54) is 12.1 Å². The number of hydrogen-bond donors (Lipinski definition) is 1. The van der Waals surface area contributed by atoms with Gasteiger partial charge in [0.25, 0.3) is 0 Å². The maximum Gasteiger partial charge on any atom is 0.241 e. The zero-order valence-corrected chi connectivity index (χ0v) is 11.2. The molecule has 0 saturated heterocycles. The number of aryl methyl sites for hydroxylation is 1. The second kappa shape index (κ2) is 5.62. The summed E-state index contributed by atoms with van der Waals surface area (Å²) in [4.78, 5) is 11.1. The molecule has 0 spiro atoms. The molecule has 0 aliphatic heterocycles. The Morgan fingerprint density at radius 3 is 2.29 bits per heavy atom. The third kappa shape index (κ3) is 3.80. The first-order chi connectivity index (χ1) is 7.86. The van der Waals surface area contributed by atoms with Crippen LogP contribution >= 0.6 is 11.6 Å². The molecule has 4 nitrogen and oxygen atoms in total. The summed E-state index contributed by atoms with van der Waals surface area (Å²) in [6, 6.07) is 5.48. The van der Waals surface area contributed by atoms with Crippen LogP contribution in [0, 0.1) is 6.92 Å². The highest BCUT2D eigenvalue weighted by atomic mass is 35.5. The number of nitrogens with one attached hydrogen (secondary N) is 1. The molecule has 0 bridgehead atoms. The van der Waals surface area contributed by atoms with E-state index >= 15 is 0 Å². The van der Waals surface area contributed by atoms with Gasteiger partial charge >= 0.3 is 0 Å². The Kier molecular flexibility index (Phi) is 4.68. The summed E-state index contributed by atoms with van der Waals surface area (Å²) in [7, 11) is -3.69. The van der Waals surface area contributed by atoms with Gasteiger partial charge < -0.3 is 0 Å². The maximum atomic E-state index is 11.9. The zero-order chi connectivity index (χ0) is 13.1. The highest BCUT2D eigenvalue weighted by Gasteiger charge is 2.22. The Labute approximate surface area is 106 Å². The number of sulfonamides is 1. The van der Waals surface area contributed by atoms with E-state index in [0.29, 0.717) is 6.42 Å². The molecule has 0 fully saturated rings. The number of carbonyl (C=O) groups excluding carboxylic acids is 1. The summed E-state index contributed by atoms with van der Waals surface area (Å²) in [5.41, 5.74) is 0.962. The minimum atomic E-state index is -3.69. The van der Waals surface area contributed by atoms with Crippen LogP contribution in [0.15, 0.2) is 29.2 Å². The molecule has 6 heteroatoms. The highest BCUT2D eigenvalue weighted by molar-refractivity contribution is 7.89. The maximum absolute atomic E-state index is 11.9. The minimum absolute atomic E-state index is 0.125. The quantitative estimate of drug-likeness (QED) is 0.834. The normalized spacial score (nSPS) is 13.4. The monoisotopic (exact) mass is 275 g/mol. The van der Waals surface area contributed by atoms with E-state index in [1.54, 1.807) is 19.1 Å². The number of halogens is 1. The lowest BCUT2D eigenvalue weighted by Crippen LogP contribution is -2.38. The first-order valence-corrected chi connectivity index (χ1v) is 7.01. The highest BCUT2D eigenvalue weighted by Crippen LogP contribution is 2.11.